The normalized spacial score (nSPS) is 17.6. The molecule has 0 aliphatic carbocycles. The number of nitrogens with zero attached hydrogens (tertiary/aromatic N) is 1. The molecular formula is C28H29NO5S. The van der Waals surface area contributed by atoms with Crippen LogP contribution in [0, 0.1) is 0 Å². The predicted octanol–water partition coefficient (Wildman–Crippen LogP) is 6.08. The first-order valence-electron chi connectivity index (χ1n) is 11.4. The van der Waals surface area contributed by atoms with Gasteiger partial charge in [0.2, 0.25) is 0 Å². The minimum Gasteiger partial charge on any atom is -0.507 e. The van der Waals surface area contributed by atoms with E-state index in [-0.39, 0.29) is 16.7 Å². The van der Waals surface area contributed by atoms with Crippen LogP contribution in [-0.4, -0.2) is 30.5 Å². The second kappa shape index (κ2) is 9.58. The Morgan fingerprint density at radius 1 is 1.06 bits per heavy atom. The third-order valence-electron chi connectivity index (χ3n) is 5.96. The zero-order valence-electron chi connectivity index (χ0n) is 20.5. The fraction of sp³-hybridized carbons (Fsp3) is 0.286. The minimum atomic E-state index is -0.782. The molecule has 1 N–H and O–H groups in total. The molecule has 4 rings (SSSR count). The van der Waals surface area contributed by atoms with E-state index >= 15 is 0 Å². The van der Waals surface area contributed by atoms with Crippen LogP contribution >= 0.6 is 11.3 Å². The lowest BCUT2D eigenvalue weighted by Crippen LogP contribution is -2.29. The molecule has 1 aromatic heterocycles. The van der Waals surface area contributed by atoms with Crippen molar-refractivity contribution in [3.63, 3.8) is 0 Å². The molecule has 0 radical (unpaired) electrons. The smallest absolute Gasteiger partial charge is 0.300 e. The van der Waals surface area contributed by atoms with Crippen LogP contribution in [0.3, 0.4) is 0 Å². The summed E-state index contributed by atoms with van der Waals surface area (Å²) in [6.07, 6.45) is 0. The van der Waals surface area contributed by atoms with Crippen molar-refractivity contribution in [2.24, 2.45) is 0 Å². The van der Waals surface area contributed by atoms with Crippen LogP contribution in [0.15, 0.2) is 65.6 Å². The number of carbonyl (C=O) groups is 2. The number of hydrogen-bond donors (Lipinski definition) is 1. The Bertz CT molecular complexity index is 1290. The Labute approximate surface area is 209 Å². The average molecular weight is 492 g/mol. The van der Waals surface area contributed by atoms with Gasteiger partial charge >= 0.3 is 0 Å². The average Bonchev–Trinajstić information content (AvgIpc) is 3.45. The van der Waals surface area contributed by atoms with Gasteiger partial charge in [0.25, 0.3) is 11.7 Å². The van der Waals surface area contributed by atoms with E-state index < -0.39 is 17.7 Å². The number of para-hydroxylation sites is 2. The SMILES string of the molecule is CCOc1ccc(/C(O)=C2/C(=O)C(=O)N(c3ccccc3OC)C2c2cccs2)cc1C(C)(C)C. The van der Waals surface area contributed by atoms with Crippen molar-refractivity contribution in [2.75, 3.05) is 18.6 Å². The quantitative estimate of drug-likeness (QED) is 0.257. The van der Waals surface area contributed by atoms with Gasteiger partial charge in [-0.05, 0) is 54.1 Å². The number of carbonyl (C=O) groups excluding carboxylic acids is 2. The molecule has 1 aliphatic rings. The lowest BCUT2D eigenvalue weighted by atomic mass is 9.84. The molecule has 0 spiro atoms. The van der Waals surface area contributed by atoms with E-state index in [0.29, 0.717) is 23.6 Å². The fourth-order valence-corrected chi connectivity index (χ4v) is 5.15. The van der Waals surface area contributed by atoms with Gasteiger partial charge < -0.3 is 14.6 Å². The van der Waals surface area contributed by atoms with Crippen molar-refractivity contribution in [2.45, 2.75) is 39.2 Å². The lowest BCUT2D eigenvalue weighted by molar-refractivity contribution is -0.132. The number of amides is 1. The highest BCUT2D eigenvalue weighted by molar-refractivity contribution is 7.10. The first-order chi connectivity index (χ1) is 16.7. The maximum atomic E-state index is 13.4. The minimum absolute atomic E-state index is 0.0485. The zero-order chi connectivity index (χ0) is 25.3. The molecule has 7 heteroatoms. The Balaban J connectivity index is 1.93. The van der Waals surface area contributed by atoms with E-state index in [0.717, 1.165) is 16.2 Å². The number of hydrogen-bond acceptors (Lipinski definition) is 6. The standard InChI is InChI=1S/C28H29NO5S/c1-6-34-20-14-13-17(16-18(20)28(2,3)4)25(30)23-24(22-12-9-15-35-22)29(27(32)26(23)31)19-10-7-8-11-21(19)33-5/h7-16,24,30H,6H2,1-5H3/b25-23-. The van der Waals surface area contributed by atoms with Crippen LogP contribution in [0.2, 0.25) is 0 Å². The van der Waals surface area contributed by atoms with Crippen LogP contribution in [0.1, 0.15) is 49.7 Å². The first-order valence-corrected chi connectivity index (χ1v) is 12.3. The van der Waals surface area contributed by atoms with Crippen molar-refractivity contribution in [1.82, 2.24) is 0 Å². The van der Waals surface area contributed by atoms with Crippen LogP contribution in [-0.2, 0) is 15.0 Å². The molecule has 0 bridgehead atoms. The van der Waals surface area contributed by atoms with Gasteiger partial charge in [-0.25, -0.2) is 0 Å². The van der Waals surface area contributed by atoms with E-state index in [4.69, 9.17) is 9.47 Å². The second-order valence-electron chi connectivity index (χ2n) is 9.25. The number of aliphatic hydroxyl groups excluding tert-OH is 1. The highest BCUT2D eigenvalue weighted by Crippen LogP contribution is 2.46. The number of ether oxygens (including phenoxy) is 2. The van der Waals surface area contributed by atoms with Crippen LogP contribution < -0.4 is 14.4 Å². The molecule has 1 fully saturated rings. The molecule has 0 saturated carbocycles. The monoisotopic (exact) mass is 491 g/mol. The van der Waals surface area contributed by atoms with E-state index in [2.05, 4.69) is 20.8 Å². The summed E-state index contributed by atoms with van der Waals surface area (Å²) in [4.78, 5) is 28.9. The molecule has 1 saturated heterocycles. The van der Waals surface area contributed by atoms with Crippen molar-refractivity contribution >= 4 is 34.5 Å². The maximum Gasteiger partial charge on any atom is 0.300 e. The van der Waals surface area contributed by atoms with Crippen LogP contribution in [0.25, 0.3) is 5.76 Å². The van der Waals surface area contributed by atoms with Gasteiger partial charge in [0.05, 0.1) is 25.0 Å². The number of methoxy groups -OCH3 is 1. The van der Waals surface area contributed by atoms with E-state index in [1.54, 1.807) is 36.4 Å². The van der Waals surface area contributed by atoms with E-state index in [9.17, 15) is 14.7 Å². The van der Waals surface area contributed by atoms with Gasteiger partial charge in [0, 0.05) is 16.0 Å². The summed E-state index contributed by atoms with van der Waals surface area (Å²) in [5.41, 5.74) is 1.61. The van der Waals surface area contributed by atoms with Gasteiger partial charge in [0.15, 0.2) is 0 Å². The van der Waals surface area contributed by atoms with Crippen molar-refractivity contribution in [3.8, 4) is 11.5 Å². The van der Waals surface area contributed by atoms with Gasteiger partial charge in [-0.3, -0.25) is 14.5 Å². The number of anilines is 1. The number of thiophene rings is 1. The molecule has 1 unspecified atom stereocenters. The Morgan fingerprint density at radius 2 is 1.80 bits per heavy atom. The molecule has 1 amide bonds. The largest absolute Gasteiger partial charge is 0.507 e. The van der Waals surface area contributed by atoms with Crippen molar-refractivity contribution < 1.29 is 24.2 Å². The Hall–Kier alpha value is -3.58. The molecule has 6 nitrogen and oxygen atoms in total. The summed E-state index contributed by atoms with van der Waals surface area (Å²) in [6.45, 7) is 8.60. The van der Waals surface area contributed by atoms with Gasteiger partial charge in [-0.2, -0.15) is 0 Å². The number of Topliss-reactive ketones (excluding diaryl/α,β-unsaturated/α-hetero) is 1. The number of ketones is 1. The molecule has 2 aromatic carbocycles. The molecule has 1 atom stereocenters. The highest BCUT2D eigenvalue weighted by atomic mass is 32.1. The summed E-state index contributed by atoms with van der Waals surface area (Å²) in [5.74, 6) is -0.477. The van der Waals surface area contributed by atoms with E-state index in [1.165, 1.54) is 23.3 Å². The summed E-state index contributed by atoms with van der Waals surface area (Å²) in [5, 5.41) is 13.4. The summed E-state index contributed by atoms with van der Waals surface area (Å²) < 4.78 is 11.3. The second-order valence-corrected chi connectivity index (χ2v) is 10.2. The molecule has 2 heterocycles. The van der Waals surface area contributed by atoms with Gasteiger partial charge in [0.1, 0.15) is 23.3 Å². The van der Waals surface area contributed by atoms with Crippen molar-refractivity contribution in [1.29, 1.82) is 0 Å². The van der Waals surface area contributed by atoms with Crippen LogP contribution in [0.5, 0.6) is 11.5 Å². The highest BCUT2D eigenvalue weighted by Gasteiger charge is 2.48. The third-order valence-corrected chi connectivity index (χ3v) is 6.89. The summed E-state index contributed by atoms with van der Waals surface area (Å²) >= 11 is 1.42. The summed E-state index contributed by atoms with van der Waals surface area (Å²) in [7, 11) is 1.52. The van der Waals surface area contributed by atoms with Crippen molar-refractivity contribution in [3.05, 3.63) is 81.6 Å². The van der Waals surface area contributed by atoms with Gasteiger partial charge in [-0.15, -0.1) is 11.3 Å². The molecular weight excluding hydrogens is 462 g/mol. The molecule has 182 valence electrons. The number of aliphatic hydroxyl groups is 1. The predicted molar refractivity (Wildman–Crippen MR) is 138 cm³/mol. The fourth-order valence-electron chi connectivity index (χ4n) is 4.33. The van der Waals surface area contributed by atoms with E-state index in [1.807, 2.05) is 30.5 Å². The van der Waals surface area contributed by atoms with Gasteiger partial charge in [-0.1, -0.05) is 39.0 Å². The molecule has 35 heavy (non-hydrogen) atoms. The lowest BCUT2D eigenvalue weighted by Gasteiger charge is -2.26. The summed E-state index contributed by atoms with van der Waals surface area (Å²) in [6, 6.07) is 15.3. The number of benzene rings is 2. The Morgan fingerprint density at radius 3 is 2.43 bits per heavy atom. The first kappa shape index (κ1) is 24.5. The zero-order valence-corrected chi connectivity index (χ0v) is 21.3. The molecule has 3 aromatic rings. The molecule has 1 aliphatic heterocycles. The maximum absolute atomic E-state index is 13.4. The topological polar surface area (TPSA) is 76.1 Å². The Kier molecular flexibility index (Phi) is 6.72. The number of rotatable bonds is 6. The third kappa shape index (κ3) is 4.44. The van der Waals surface area contributed by atoms with Crippen LogP contribution in [0.4, 0.5) is 5.69 Å².